The molecule has 0 amide bonds. The molecule has 96 valence electrons. The summed E-state index contributed by atoms with van der Waals surface area (Å²) in [7, 11) is 0. The molecule has 0 radical (unpaired) electrons. The van der Waals surface area contributed by atoms with Crippen LogP contribution < -0.4 is 5.32 Å². The highest BCUT2D eigenvalue weighted by molar-refractivity contribution is 5.81. The molecule has 3 nitrogen and oxygen atoms in total. The maximum absolute atomic E-state index is 9.67. The van der Waals surface area contributed by atoms with Crippen molar-refractivity contribution >= 4 is 16.7 Å². The number of nitrogens with one attached hydrogen (secondary N) is 1. The Morgan fingerprint density at radius 2 is 2.00 bits per heavy atom. The Morgan fingerprint density at radius 1 is 1.16 bits per heavy atom. The van der Waals surface area contributed by atoms with Crippen LogP contribution in [0.2, 0.25) is 0 Å². The second-order valence-electron chi connectivity index (χ2n) is 4.61. The van der Waals surface area contributed by atoms with Crippen molar-refractivity contribution in [2.24, 2.45) is 0 Å². The molecule has 1 aromatic heterocycles. The van der Waals surface area contributed by atoms with E-state index < -0.39 is 0 Å². The highest BCUT2D eigenvalue weighted by atomic mass is 16.3. The van der Waals surface area contributed by atoms with E-state index in [2.05, 4.69) is 5.32 Å². The van der Waals surface area contributed by atoms with Crippen LogP contribution in [0, 0.1) is 6.92 Å². The fourth-order valence-electron chi connectivity index (χ4n) is 2.09. The topological polar surface area (TPSA) is 45.4 Å². The molecule has 0 bridgehead atoms. The summed E-state index contributed by atoms with van der Waals surface area (Å²) in [5, 5.41) is 14.1. The first-order valence-electron chi connectivity index (χ1n) is 6.22. The molecule has 2 aromatic carbocycles. The molecule has 3 heteroatoms. The van der Waals surface area contributed by atoms with Gasteiger partial charge < -0.3 is 14.8 Å². The van der Waals surface area contributed by atoms with Gasteiger partial charge in [-0.3, -0.25) is 0 Å². The Hall–Kier alpha value is -2.42. The van der Waals surface area contributed by atoms with Crippen LogP contribution in [0.1, 0.15) is 11.1 Å². The SMILES string of the molecule is Cc1ccc(NCc2coc3ccccc23)cc1O. The molecule has 0 atom stereocenters. The molecule has 1 heterocycles. The number of phenolic OH excluding ortho intramolecular Hbond substituents is 1. The number of hydrogen-bond acceptors (Lipinski definition) is 3. The fraction of sp³-hybridized carbons (Fsp3) is 0.125. The average molecular weight is 253 g/mol. The van der Waals surface area contributed by atoms with Crippen LogP contribution in [-0.2, 0) is 6.54 Å². The van der Waals surface area contributed by atoms with Gasteiger partial charge in [-0.1, -0.05) is 24.3 Å². The van der Waals surface area contributed by atoms with Gasteiger partial charge in [0.05, 0.1) is 6.26 Å². The lowest BCUT2D eigenvalue weighted by atomic mass is 10.1. The van der Waals surface area contributed by atoms with E-state index in [9.17, 15) is 5.11 Å². The third kappa shape index (κ3) is 2.27. The average Bonchev–Trinajstić information content (AvgIpc) is 2.83. The fourth-order valence-corrected chi connectivity index (χ4v) is 2.09. The third-order valence-corrected chi connectivity index (χ3v) is 3.25. The van der Waals surface area contributed by atoms with E-state index in [1.807, 2.05) is 43.3 Å². The minimum Gasteiger partial charge on any atom is -0.508 e. The minimum absolute atomic E-state index is 0.307. The van der Waals surface area contributed by atoms with Crippen LogP contribution in [0.4, 0.5) is 5.69 Å². The number of phenols is 1. The first-order chi connectivity index (χ1) is 9.24. The van der Waals surface area contributed by atoms with Gasteiger partial charge in [0.15, 0.2) is 0 Å². The number of aryl methyl sites for hydroxylation is 1. The molecule has 0 fully saturated rings. The number of anilines is 1. The van der Waals surface area contributed by atoms with Gasteiger partial charge in [-0.25, -0.2) is 0 Å². The first-order valence-corrected chi connectivity index (χ1v) is 6.22. The van der Waals surface area contributed by atoms with E-state index in [1.54, 1.807) is 12.3 Å². The summed E-state index contributed by atoms with van der Waals surface area (Å²) < 4.78 is 5.49. The van der Waals surface area contributed by atoms with Crippen molar-refractivity contribution in [3.8, 4) is 5.75 Å². The van der Waals surface area contributed by atoms with Crippen molar-refractivity contribution in [2.75, 3.05) is 5.32 Å². The van der Waals surface area contributed by atoms with Crippen molar-refractivity contribution < 1.29 is 9.52 Å². The van der Waals surface area contributed by atoms with Gasteiger partial charge in [0.25, 0.3) is 0 Å². The summed E-state index contributed by atoms with van der Waals surface area (Å²) >= 11 is 0. The van der Waals surface area contributed by atoms with Gasteiger partial charge in [0, 0.05) is 29.2 Å². The van der Waals surface area contributed by atoms with Crippen LogP contribution >= 0.6 is 0 Å². The van der Waals surface area contributed by atoms with E-state index in [0.29, 0.717) is 12.3 Å². The Morgan fingerprint density at radius 3 is 2.84 bits per heavy atom. The number of hydrogen-bond donors (Lipinski definition) is 2. The van der Waals surface area contributed by atoms with Crippen LogP contribution in [0.15, 0.2) is 53.1 Å². The Kier molecular flexibility index (Phi) is 2.88. The molecule has 0 saturated carbocycles. The molecular formula is C16H15NO2. The summed E-state index contributed by atoms with van der Waals surface area (Å²) in [6, 6.07) is 13.5. The zero-order valence-electron chi connectivity index (χ0n) is 10.7. The van der Waals surface area contributed by atoms with Gasteiger partial charge in [-0.05, 0) is 24.6 Å². The van der Waals surface area contributed by atoms with Gasteiger partial charge in [-0.15, -0.1) is 0 Å². The second-order valence-corrected chi connectivity index (χ2v) is 4.61. The summed E-state index contributed by atoms with van der Waals surface area (Å²) in [6.45, 7) is 2.54. The van der Waals surface area contributed by atoms with Crippen molar-refractivity contribution in [1.29, 1.82) is 0 Å². The molecule has 0 aliphatic heterocycles. The van der Waals surface area contributed by atoms with E-state index in [-0.39, 0.29) is 0 Å². The van der Waals surface area contributed by atoms with Crippen molar-refractivity contribution in [3.05, 3.63) is 59.9 Å². The number of para-hydroxylation sites is 1. The number of furan rings is 1. The van der Waals surface area contributed by atoms with Crippen LogP contribution in [-0.4, -0.2) is 5.11 Å². The lowest BCUT2D eigenvalue weighted by molar-refractivity contribution is 0.471. The predicted molar refractivity (Wildman–Crippen MR) is 76.4 cm³/mol. The Bertz CT molecular complexity index is 716. The zero-order chi connectivity index (χ0) is 13.2. The summed E-state index contributed by atoms with van der Waals surface area (Å²) in [6.07, 6.45) is 1.77. The van der Waals surface area contributed by atoms with E-state index >= 15 is 0 Å². The molecule has 3 aromatic rings. The highest BCUT2D eigenvalue weighted by Crippen LogP contribution is 2.24. The number of aromatic hydroxyl groups is 1. The van der Waals surface area contributed by atoms with Crippen LogP contribution in [0.3, 0.4) is 0 Å². The van der Waals surface area contributed by atoms with E-state index in [4.69, 9.17) is 4.42 Å². The van der Waals surface area contributed by atoms with Crippen LogP contribution in [0.25, 0.3) is 11.0 Å². The molecule has 3 rings (SSSR count). The summed E-state index contributed by atoms with van der Waals surface area (Å²) in [4.78, 5) is 0. The third-order valence-electron chi connectivity index (χ3n) is 3.25. The maximum Gasteiger partial charge on any atom is 0.134 e. The second kappa shape index (κ2) is 4.69. The lowest BCUT2D eigenvalue weighted by Crippen LogP contribution is -1.98. The standard InChI is InChI=1S/C16H15NO2/c1-11-6-7-13(8-15(11)18)17-9-12-10-19-16-5-3-2-4-14(12)16/h2-8,10,17-18H,9H2,1H3. The number of rotatable bonds is 3. The molecule has 0 aliphatic carbocycles. The molecule has 0 saturated heterocycles. The van der Waals surface area contributed by atoms with Crippen molar-refractivity contribution in [1.82, 2.24) is 0 Å². The zero-order valence-corrected chi connectivity index (χ0v) is 10.7. The van der Waals surface area contributed by atoms with Gasteiger partial charge in [0.1, 0.15) is 11.3 Å². The smallest absolute Gasteiger partial charge is 0.134 e. The monoisotopic (exact) mass is 253 g/mol. The molecular weight excluding hydrogens is 238 g/mol. The van der Waals surface area contributed by atoms with Gasteiger partial charge in [-0.2, -0.15) is 0 Å². The van der Waals surface area contributed by atoms with Crippen molar-refractivity contribution in [2.45, 2.75) is 13.5 Å². The summed E-state index contributed by atoms with van der Waals surface area (Å²) in [5.41, 5.74) is 3.77. The lowest BCUT2D eigenvalue weighted by Gasteiger charge is -2.07. The largest absolute Gasteiger partial charge is 0.508 e. The highest BCUT2D eigenvalue weighted by Gasteiger charge is 2.05. The van der Waals surface area contributed by atoms with Gasteiger partial charge in [0.2, 0.25) is 0 Å². The molecule has 0 unspecified atom stereocenters. The predicted octanol–water partition coefficient (Wildman–Crippen LogP) is 4.06. The minimum atomic E-state index is 0.307. The number of fused-ring (bicyclic) bond motifs is 1. The molecule has 0 spiro atoms. The molecule has 0 aliphatic rings. The quantitative estimate of drug-likeness (QED) is 0.740. The Balaban J connectivity index is 1.80. The van der Waals surface area contributed by atoms with Gasteiger partial charge >= 0.3 is 0 Å². The molecule has 19 heavy (non-hydrogen) atoms. The van der Waals surface area contributed by atoms with E-state index in [1.165, 1.54) is 0 Å². The number of benzene rings is 2. The molecule has 2 N–H and O–H groups in total. The first kappa shape index (κ1) is 11.7. The van der Waals surface area contributed by atoms with E-state index in [0.717, 1.165) is 27.8 Å². The van der Waals surface area contributed by atoms with Crippen molar-refractivity contribution in [3.63, 3.8) is 0 Å². The normalized spacial score (nSPS) is 10.8. The Labute approximate surface area is 111 Å². The summed E-state index contributed by atoms with van der Waals surface area (Å²) in [5.74, 6) is 0.307. The van der Waals surface area contributed by atoms with Crippen LogP contribution in [0.5, 0.6) is 5.75 Å². The maximum atomic E-state index is 9.67.